The van der Waals surface area contributed by atoms with Gasteiger partial charge in [0.2, 0.25) is 0 Å². The van der Waals surface area contributed by atoms with Gasteiger partial charge in [-0.25, -0.2) is 0 Å². The van der Waals surface area contributed by atoms with Gasteiger partial charge < -0.3 is 10.1 Å². The largest absolute Gasteiger partial charge is 0.489 e. The van der Waals surface area contributed by atoms with Gasteiger partial charge >= 0.3 is 0 Å². The van der Waals surface area contributed by atoms with Crippen LogP contribution in [0.5, 0.6) is 5.75 Å². The Morgan fingerprint density at radius 3 is 2.64 bits per heavy atom. The van der Waals surface area contributed by atoms with E-state index in [0.717, 1.165) is 23.6 Å². The first-order valence-corrected chi connectivity index (χ1v) is 9.67. The van der Waals surface area contributed by atoms with Gasteiger partial charge in [-0.15, -0.1) is 0 Å². The van der Waals surface area contributed by atoms with Gasteiger partial charge in [0, 0.05) is 18.3 Å². The van der Waals surface area contributed by atoms with Gasteiger partial charge in [0.05, 0.1) is 12.2 Å². The first-order valence-electron chi connectivity index (χ1n) is 9.67. The van der Waals surface area contributed by atoms with Crippen molar-refractivity contribution in [3.05, 3.63) is 83.2 Å². The maximum Gasteiger partial charge on any atom is 0.251 e. The maximum absolute atomic E-state index is 12.5. The molecule has 2 aromatic carbocycles. The second kappa shape index (κ2) is 9.22. The fraction of sp³-hybridized carbons (Fsp3) is 0.304. The van der Waals surface area contributed by atoms with E-state index in [2.05, 4.69) is 36.4 Å². The number of hydrogen-bond donors (Lipinski definition) is 1. The Bertz CT molecular complexity index is 914. The first-order chi connectivity index (χ1) is 13.6. The van der Waals surface area contributed by atoms with Gasteiger partial charge in [-0.05, 0) is 54.3 Å². The molecule has 1 N–H and O–H groups in total. The van der Waals surface area contributed by atoms with Crippen LogP contribution in [0.3, 0.4) is 0 Å². The summed E-state index contributed by atoms with van der Waals surface area (Å²) in [5.41, 5.74) is 3.86. The van der Waals surface area contributed by atoms with E-state index in [-0.39, 0.29) is 5.91 Å². The minimum Gasteiger partial charge on any atom is -0.489 e. The van der Waals surface area contributed by atoms with Crippen LogP contribution in [0, 0.1) is 0 Å². The maximum atomic E-state index is 12.5. The number of aryl methyl sites for hydroxylation is 1. The predicted molar refractivity (Wildman–Crippen MR) is 110 cm³/mol. The number of amides is 1. The minimum atomic E-state index is -0.105. The molecular formula is C23H27N3O2. The van der Waals surface area contributed by atoms with Gasteiger partial charge in [0.15, 0.2) is 0 Å². The summed E-state index contributed by atoms with van der Waals surface area (Å²) in [5.74, 6) is 1.22. The molecule has 1 aromatic heterocycles. The molecule has 3 rings (SSSR count). The summed E-state index contributed by atoms with van der Waals surface area (Å²) in [5, 5.41) is 7.17. The van der Waals surface area contributed by atoms with Crippen molar-refractivity contribution in [2.24, 2.45) is 0 Å². The summed E-state index contributed by atoms with van der Waals surface area (Å²) in [4.78, 5) is 12.5. The van der Waals surface area contributed by atoms with Crippen LogP contribution in [0.25, 0.3) is 0 Å². The predicted octanol–water partition coefficient (Wildman–Crippen LogP) is 4.54. The van der Waals surface area contributed by atoms with Crippen LogP contribution in [0.4, 0.5) is 0 Å². The Morgan fingerprint density at radius 2 is 1.93 bits per heavy atom. The Labute approximate surface area is 166 Å². The lowest BCUT2D eigenvalue weighted by Crippen LogP contribution is -2.24. The monoisotopic (exact) mass is 377 g/mol. The van der Waals surface area contributed by atoms with E-state index in [4.69, 9.17) is 4.74 Å². The molecule has 3 aromatic rings. The normalized spacial score (nSPS) is 10.9. The van der Waals surface area contributed by atoms with Crippen molar-refractivity contribution in [1.29, 1.82) is 0 Å². The SMILES string of the molecule is CCn1nccc1CNC(=O)c1cccc(COc2ccc(C(C)C)cc2)c1. The highest BCUT2D eigenvalue weighted by atomic mass is 16.5. The molecule has 1 heterocycles. The molecule has 0 spiro atoms. The lowest BCUT2D eigenvalue weighted by molar-refractivity contribution is 0.0949. The molecule has 5 nitrogen and oxygen atoms in total. The summed E-state index contributed by atoms with van der Waals surface area (Å²) in [6.45, 7) is 8.02. The summed E-state index contributed by atoms with van der Waals surface area (Å²) in [6.07, 6.45) is 1.75. The molecule has 1 amide bonds. The first kappa shape index (κ1) is 19.7. The van der Waals surface area contributed by atoms with E-state index in [1.807, 2.05) is 54.1 Å². The van der Waals surface area contributed by atoms with Crippen molar-refractivity contribution in [2.75, 3.05) is 0 Å². The fourth-order valence-electron chi connectivity index (χ4n) is 2.99. The van der Waals surface area contributed by atoms with E-state index >= 15 is 0 Å². The average molecular weight is 377 g/mol. The highest BCUT2D eigenvalue weighted by molar-refractivity contribution is 5.94. The van der Waals surface area contributed by atoms with E-state index in [1.54, 1.807) is 6.20 Å². The molecule has 0 saturated carbocycles. The number of nitrogens with one attached hydrogen (secondary N) is 1. The van der Waals surface area contributed by atoms with Gasteiger partial charge in [0.25, 0.3) is 5.91 Å². The standard InChI is InChI=1S/C23H27N3O2/c1-4-26-21(12-13-25-26)15-24-23(27)20-7-5-6-18(14-20)16-28-22-10-8-19(9-11-22)17(2)3/h5-14,17H,4,15-16H2,1-3H3,(H,24,27). The Hall–Kier alpha value is -3.08. The molecule has 0 fully saturated rings. The third-order valence-electron chi connectivity index (χ3n) is 4.68. The Kier molecular flexibility index (Phi) is 6.48. The van der Waals surface area contributed by atoms with Crippen LogP contribution in [0.1, 0.15) is 53.9 Å². The number of rotatable bonds is 8. The second-order valence-corrected chi connectivity index (χ2v) is 7.03. The number of ether oxygens (including phenoxy) is 1. The molecular weight excluding hydrogens is 350 g/mol. The third kappa shape index (κ3) is 5.00. The molecule has 0 aliphatic rings. The fourth-order valence-corrected chi connectivity index (χ4v) is 2.99. The molecule has 5 heteroatoms. The zero-order valence-corrected chi connectivity index (χ0v) is 16.7. The van der Waals surface area contributed by atoms with Crippen LogP contribution in [-0.2, 0) is 19.7 Å². The summed E-state index contributed by atoms with van der Waals surface area (Å²) in [6, 6.07) is 17.6. The van der Waals surface area contributed by atoms with E-state index in [9.17, 15) is 4.79 Å². The van der Waals surface area contributed by atoms with Gasteiger partial charge in [-0.2, -0.15) is 5.10 Å². The van der Waals surface area contributed by atoms with Crippen LogP contribution >= 0.6 is 0 Å². The quantitative estimate of drug-likeness (QED) is 0.627. The van der Waals surface area contributed by atoms with Crippen LogP contribution in [0.2, 0.25) is 0 Å². The topological polar surface area (TPSA) is 56.2 Å². The number of carbonyl (C=O) groups excluding carboxylic acids is 1. The molecule has 0 aliphatic carbocycles. The number of benzene rings is 2. The van der Waals surface area contributed by atoms with Crippen molar-refractivity contribution < 1.29 is 9.53 Å². The second-order valence-electron chi connectivity index (χ2n) is 7.03. The molecule has 0 radical (unpaired) electrons. The number of carbonyl (C=O) groups is 1. The number of nitrogens with zero attached hydrogens (tertiary/aromatic N) is 2. The van der Waals surface area contributed by atoms with Crippen LogP contribution in [0.15, 0.2) is 60.8 Å². The zero-order valence-electron chi connectivity index (χ0n) is 16.7. The van der Waals surface area contributed by atoms with Gasteiger partial charge in [-0.1, -0.05) is 38.1 Å². The van der Waals surface area contributed by atoms with Crippen molar-refractivity contribution >= 4 is 5.91 Å². The molecule has 0 saturated heterocycles. The molecule has 0 aliphatic heterocycles. The molecule has 0 bridgehead atoms. The smallest absolute Gasteiger partial charge is 0.251 e. The van der Waals surface area contributed by atoms with Crippen molar-refractivity contribution in [3.63, 3.8) is 0 Å². The number of aromatic nitrogens is 2. The zero-order chi connectivity index (χ0) is 19.9. The summed E-state index contributed by atoms with van der Waals surface area (Å²) >= 11 is 0. The molecule has 0 atom stereocenters. The highest BCUT2D eigenvalue weighted by Crippen LogP contribution is 2.19. The summed E-state index contributed by atoms with van der Waals surface area (Å²) in [7, 11) is 0. The molecule has 146 valence electrons. The minimum absolute atomic E-state index is 0.105. The number of hydrogen-bond acceptors (Lipinski definition) is 3. The van der Waals surface area contributed by atoms with Crippen molar-refractivity contribution in [3.8, 4) is 5.75 Å². The third-order valence-corrected chi connectivity index (χ3v) is 4.68. The Morgan fingerprint density at radius 1 is 1.14 bits per heavy atom. The van der Waals surface area contributed by atoms with Gasteiger partial charge in [0.1, 0.15) is 12.4 Å². The molecule has 28 heavy (non-hydrogen) atoms. The van der Waals surface area contributed by atoms with E-state index in [1.165, 1.54) is 5.56 Å². The van der Waals surface area contributed by atoms with Gasteiger partial charge in [-0.3, -0.25) is 9.48 Å². The van der Waals surface area contributed by atoms with Crippen molar-refractivity contribution in [1.82, 2.24) is 15.1 Å². The van der Waals surface area contributed by atoms with Crippen LogP contribution < -0.4 is 10.1 Å². The lowest BCUT2D eigenvalue weighted by Gasteiger charge is -2.10. The summed E-state index contributed by atoms with van der Waals surface area (Å²) < 4.78 is 7.74. The van der Waals surface area contributed by atoms with E-state index in [0.29, 0.717) is 24.6 Å². The molecule has 0 unspecified atom stereocenters. The van der Waals surface area contributed by atoms with Crippen LogP contribution in [-0.4, -0.2) is 15.7 Å². The van der Waals surface area contributed by atoms with E-state index < -0.39 is 0 Å². The highest BCUT2D eigenvalue weighted by Gasteiger charge is 2.08. The lowest BCUT2D eigenvalue weighted by atomic mass is 10.0. The Balaban J connectivity index is 1.57. The van der Waals surface area contributed by atoms with Crippen molar-refractivity contribution in [2.45, 2.75) is 46.4 Å². The average Bonchev–Trinajstić information content (AvgIpc) is 3.18.